The van der Waals surface area contributed by atoms with Crippen molar-refractivity contribution in [3.63, 3.8) is 0 Å². The number of hydrogen-bond donors (Lipinski definition) is 1. The molecule has 1 aromatic carbocycles. The van der Waals surface area contributed by atoms with Crippen molar-refractivity contribution < 1.29 is 0 Å². The standard InChI is InChI=1S/C11H14ClN.ClH/c12-11-6-2-1-4-9(11)8-10-5-3-7-13-10;/h1-2,4,6,10,13H,3,5,7-8H2;1H. The fourth-order valence-corrected chi connectivity index (χ4v) is 2.07. The maximum atomic E-state index is 6.07. The van der Waals surface area contributed by atoms with Crippen molar-refractivity contribution in [2.45, 2.75) is 25.3 Å². The van der Waals surface area contributed by atoms with Gasteiger partial charge in [-0.05, 0) is 37.4 Å². The Hall–Kier alpha value is -0.240. The number of nitrogens with one attached hydrogen (secondary N) is 1. The third kappa shape index (κ3) is 2.88. The van der Waals surface area contributed by atoms with Gasteiger partial charge in [0.15, 0.2) is 0 Å². The predicted molar refractivity (Wildman–Crippen MR) is 63.4 cm³/mol. The van der Waals surface area contributed by atoms with E-state index in [4.69, 9.17) is 11.6 Å². The van der Waals surface area contributed by atoms with E-state index in [0.29, 0.717) is 6.04 Å². The molecule has 0 aliphatic carbocycles. The summed E-state index contributed by atoms with van der Waals surface area (Å²) in [6.07, 6.45) is 3.65. The van der Waals surface area contributed by atoms with Gasteiger partial charge < -0.3 is 5.32 Å². The van der Waals surface area contributed by atoms with E-state index in [0.717, 1.165) is 18.0 Å². The van der Waals surface area contributed by atoms with Gasteiger partial charge in [0, 0.05) is 11.1 Å². The smallest absolute Gasteiger partial charge is 0.0438 e. The molecule has 0 spiro atoms. The van der Waals surface area contributed by atoms with Crippen LogP contribution in [0.25, 0.3) is 0 Å². The summed E-state index contributed by atoms with van der Waals surface area (Å²) in [5.41, 5.74) is 1.27. The van der Waals surface area contributed by atoms with Gasteiger partial charge >= 0.3 is 0 Å². The van der Waals surface area contributed by atoms with Crippen LogP contribution in [0.1, 0.15) is 18.4 Å². The molecule has 1 aromatic rings. The summed E-state index contributed by atoms with van der Waals surface area (Å²) < 4.78 is 0. The second-order valence-electron chi connectivity index (χ2n) is 3.59. The van der Waals surface area contributed by atoms with Crippen LogP contribution in [0.4, 0.5) is 0 Å². The second-order valence-corrected chi connectivity index (χ2v) is 4.00. The van der Waals surface area contributed by atoms with E-state index >= 15 is 0 Å². The molecule has 1 heterocycles. The third-order valence-electron chi connectivity index (χ3n) is 2.59. The van der Waals surface area contributed by atoms with Crippen LogP contribution in [0.5, 0.6) is 0 Å². The molecule has 1 unspecified atom stereocenters. The number of benzene rings is 1. The van der Waals surface area contributed by atoms with Gasteiger partial charge in [0.1, 0.15) is 0 Å². The summed E-state index contributed by atoms with van der Waals surface area (Å²) in [6, 6.07) is 8.75. The molecule has 1 N–H and O–H groups in total. The minimum absolute atomic E-state index is 0. The van der Waals surface area contributed by atoms with Gasteiger partial charge in [-0.3, -0.25) is 0 Å². The average molecular weight is 232 g/mol. The molecule has 1 nitrogen and oxygen atoms in total. The molecule has 1 saturated heterocycles. The van der Waals surface area contributed by atoms with Gasteiger partial charge in [0.25, 0.3) is 0 Å². The van der Waals surface area contributed by atoms with Crippen LogP contribution in [0.3, 0.4) is 0 Å². The molecule has 0 radical (unpaired) electrons. The Kier molecular flexibility index (Phi) is 4.73. The van der Waals surface area contributed by atoms with E-state index < -0.39 is 0 Å². The third-order valence-corrected chi connectivity index (χ3v) is 2.96. The lowest BCUT2D eigenvalue weighted by Crippen LogP contribution is -2.23. The molecule has 78 valence electrons. The fraction of sp³-hybridized carbons (Fsp3) is 0.455. The lowest BCUT2D eigenvalue weighted by molar-refractivity contribution is 0.603. The first-order valence-electron chi connectivity index (χ1n) is 4.83. The van der Waals surface area contributed by atoms with E-state index in [1.807, 2.05) is 12.1 Å². The van der Waals surface area contributed by atoms with Crippen LogP contribution in [0.15, 0.2) is 24.3 Å². The highest BCUT2D eigenvalue weighted by Crippen LogP contribution is 2.19. The molecule has 1 fully saturated rings. The van der Waals surface area contributed by atoms with E-state index in [2.05, 4.69) is 17.4 Å². The van der Waals surface area contributed by atoms with Crippen molar-refractivity contribution in [1.82, 2.24) is 5.32 Å². The largest absolute Gasteiger partial charge is 0.314 e. The highest BCUT2D eigenvalue weighted by molar-refractivity contribution is 6.31. The van der Waals surface area contributed by atoms with Gasteiger partial charge in [0.2, 0.25) is 0 Å². The quantitative estimate of drug-likeness (QED) is 0.826. The monoisotopic (exact) mass is 231 g/mol. The van der Waals surface area contributed by atoms with Crippen LogP contribution >= 0.6 is 24.0 Å². The molecular weight excluding hydrogens is 217 g/mol. The van der Waals surface area contributed by atoms with Crippen LogP contribution in [0, 0.1) is 0 Å². The summed E-state index contributed by atoms with van der Waals surface area (Å²) in [5.74, 6) is 0. The predicted octanol–water partition coefficient (Wildman–Crippen LogP) is 3.06. The van der Waals surface area contributed by atoms with Crippen molar-refractivity contribution in [1.29, 1.82) is 0 Å². The van der Waals surface area contributed by atoms with Gasteiger partial charge in [-0.2, -0.15) is 0 Å². The maximum Gasteiger partial charge on any atom is 0.0438 e. The molecule has 1 atom stereocenters. The molecule has 14 heavy (non-hydrogen) atoms. The summed E-state index contributed by atoms with van der Waals surface area (Å²) >= 11 is 6.07. The fourth-order valence-electron chi connectivity index (χ4n) is 1.86. The Balaban J connectivity index is 0.000000980. The zero-order valence-corrected chi connectivity index (χ0v) is 9.57. The SMILES string of the molecule is Cl.Clc1ccccc1CC1CCCN1. The minimum atomic E-state index is 0. The normalized spacial score (nSPS) is 20.5. The first kappa shape index (κ1) is 11.8. The van der Waals surface area contributed by atoms with Gasteiger partial charge in [-0.1, -0.05) is 29.8 Å². The molecule has 1 aliphatic rings. The molecule has 2 rings (SSSR count). The molecule has 0 amide bonds. The summed E-state index contributed by atoms with van der Waals surface area (Å²) in [5, 5.41) is 4.37. The first-order chi connectivity index (χ1) is 6.36. The van der Waals surface area contributed by atoms with Gasteiger partial charge in [-0.25, -0.2) is 0 Å². The number of hydrogen-bond acceptors (Lipinski definition) is 1. The molecule has 1 aliphatic heterocycles. The second kappa shape index (κ2) is 5.59. The van der Waals surface area contributed by atoms with E-state index in [-0.39, 0.29) is 12.4 Å². The van der Waals surface area contributed by atoms with Crippen LogP contribution in [-0.4, -0.2) is 12.6 Å². The van der Waals surface area contributed by atoms with E-state index in [1.165, 1.54) is 18.4 Å². The van der Waals surface area contributed by atoms with Crippen molar-refractivity contribution >= 4 is 24.0 Å². The Bertz CT molecular complexity index is 282. The summed E-state index contributed by atoms with van der Waals surface area (Å²) in [7, 11) is 0. The zero-order chi connectivity index (χ0) is 9.10. The lowest BCUT2D eigenvalue weighted by Gasteiger charge is -2.10. The number of rotatable bonds is 2. The van der Waals surface area contributed by atoms with Crippen molar-refractivity contribution in [2.75, 3.05) is 6.54 Å². The summed E-state index contributed by atoms with van der Waals surface area (Å²) in [6.45, 7) is 1.16. The Morgan fingerprint density at radius 3 is 2.79 bits per heavy atom. The molecule has 0 bridgehead atoms. The minimum Gasteiger partial charge on any atom is -0.314 e. The van der Waals surface area contributed by atoms with Crippen molar-refractivity contribution in [3.05, 3.63) is 34.9 Å². The Morgan fingerprint density at radius 2 is 2.14 bits per heavy atom. The van der Waals surface area contributed by atoms with Gasteiger partial charge in [0.05, 0.1) is 0 Å². The lowest BCUT2D eigenvalue weighted by atomic mass is 10.0. The molecule has 3 heteroatoms. The van der Waals surface area contributed by atoms with Crippen LogP contribution in [-0.2, 0) is 6.42 Å². The molecule has 0 aromatic heterocycles. The molecular formula is C11H15Cl2N. The van der Waals surface area contributed by atoms with Gasteiger partial charge in [-0.15, -0.1) is 12.4 Å². The highest BCUT2D eigenvalue weighted by atomic mass is 35.5. The van der Waals surface area contributed by atoms with Crippen LogP contribution in [0.2, 0.25) is 5.02 Å². The summed E-state index contributed by atoms with van der Waals surface area (Å²) in [4.78, 5) is 0. The maximum absolute atomic E-state index is 6.07. The Labute approximate surface area is 96.3 Å². The Morgan fingerprint density at radius 1 is 1.36 bits per heavy atom. The molecule has 0 saturated carbocycles. The van der Waals surface area contributed by atoms with Crippen molar-refractivity contribution in [2.24, 2.45) is 0 Å². The van der Waals surface area contributed by atoms with E-state index in [9.17, 15) is 0 Å². The van der Waals surface area contributed by atoms with Crippen molar-refractivity contribution in [3.8, 4) is 0 Å². The first-order valence-corrected chi connectivity index (χ1v) is 5.21. The number of halogens is 2. The topological polar surface area (TPSA) is 12.0 Å². The average Bonchev–Trinajstić information content (AvgIpc) is 2.61. The highest BCUT2D eigenvalue weighted by Gasteiger charge is 2.15. The zero-order valence-electron chi connectivity index (χ0n) is 8.00. The van der Waals surface area contributed by atoms with Crippen LogP contribution < -0.4 is 5.32 Å². The van der Waals surface area contributed by atoms with E-state index in [1.54, 1.807) is 0 Å².